The smallest absolute Gasteiger partial charge is 0.319 e. The summed E-state index contributed by atoms with van der Waals surface area (Å²) in [6.07, 6.45) is 3.13. The molecule has 8 heteroatoms. The average Bonchev–Trinajstić information content (AvgIpc) is 3.11. The van der Waals surface area contributed by atoms with Crippen molar-refractivity contribution < 1.29 is 9.53 Å². The van der Waals surface area contributed by atoms with Crippen molar-refractivity contribution in [3.63, 3.8) is 0 Å². The van der Waals surface area contributed by atoms with E-state index in [1.807, 2.05) is 13.0 Å². The Balaban J connectivity index is 1.30. The fraction of sp³-hybridized carbons (Fsp3) is 0.227. The number of fused-ring (bicyclic) bond motifs is 1. The molecule has 0 unspecified atom stereocenters. The zero-order chi connectivity index (χ0) is 20.9. The Bertz CT molecular complexity index is 1040. The molecule has 2 amide bonds. The third kappa shape index (κ3) is 5.07. The molecule has 1 atom stereocenters. The van der Waals surface area contributed by atoms with Crippen LogP contribution in [0.25, 0.3) is 0 Å². The van der Waals surface area contributed by atoms with Crippen LogP contribution in [0.3, 0.4) is 0 Å². The van der Waals surface area contributed by atoms with E-state index in [1.54, 1.807) is 30.3 Å². The zero-order valence-electron chi connectivity index (χ0n) is 16.5. The summed E-state index contributed by atoms with van der Waals surface area (Å²) in [6.45, 7) is 2.76. The molecule has 0 saturated heterocycles. The van der Waals surface area contributed by atoms with Crippen molar-refractivity contribution in [2.75, 3.05) is 17.2 Å². The number of aromatic nitrogens is 2. The van der Waals surface area contributed by atoms with E-state index in [4.69, 9.17) is 4.74 Å². The highest BCUT2D eigenvalue weighted by atomic mass is 79.9. The van der Waals surface area contributed by atoms with Gasteiger partial charge in [0.05, 0.1) is 0 Å². The largest absolute Gasteiger partial charge is 0.439 e. The lowest BCUT2D eigenvalue weighted by Gasteiger charge is -2.13. The molecule has 0 aliphatic heterocycles. The molecule has 1 heterocycles. The Hall–Kier alpha value is -3.13. The van der Waals surface area contributed by atoms with E-state index < -0.39 is 0 Å². The van der Waals surface area contributed by atoms with E-state index in [-0.39, 0.29) is 12.1 Å². The van der Waals surface area contributed by atoms with Crippen LogP contribution in [-0.2, 0) is 12.8 Å². The van der Waals surface area contributed by atoms with Gasteiger partial charge in [-0.2, -0.15) is 0 Å². The monoisotopic (exact) mass is 467 g/mol. The molecule has 7 nitrogen and oxygen atoms in total. The lowest BCUT2D eigenvalue weighted by atomic mass is 10.1. The summed E-state index contributed by atoms with van der Waals surface area (Å²) in [5.41, 5.74) is 3.25. The number of anilines is 2. The minimum absolute atomic E-state index is 0.0978. The van der Waals surface area contributed by atoms with Gasteiger partial charge in [-0.1, -0.05) is 22.0 Å². The Labute approximate surface area is 183 Å². The van der Waals surface area contributed by atoms with Gasteiger partial charge in [0.15, 0.2) is 0 Å². The van der Waals surface area contributed by atoms with Gasteiger partial charge in [0, 0.05) is 28.8 Å². The van der Waals surface area contributed by atoms with Crippen molar-refractivity contribution in [1.29, 1.82) is 0 Å². The van der Waals surface area contributed by atoms with Crippen LogP contribution in [0.5, 0.6) is 11.6 Å². The normalized spacial score (nSPS) is 14.7. The topological polar surface area (TPSA) is 88.2 Å². The summed E-state index contributed by atoms with van der Waals surface area (Å²) in [6, 6.07) is 15.0. The first kappa shape index (κ1) is 20.2. The molecular weight excluding hydrogens is 446 g/mol. The molecule has 0 bridgehead atoms. The third-order valence-electron chi connectivity index (χ3n) is 4.77. The molecule has 0 fully saturated rings. The number of carbonyl (C=O) groups is 1. The molecule has 1 aromatic heterocycles. The number of carbonyl (C=O) groups excluding carboxylic acids is 1. The molecular formula is C22H22BrN5O2. The lowest BCUT2D eigenvalue weighted by Crippen LogP contribution is -2.38. The van der Waals surface area contributed by atoms with Gasteiger partial charge >= 0.3 is 6.03 Å². The van der Waals surface area contributed by atoms with Gasteiger partial charge in [-0.05, 0) is 67.3 Å². The quantitative estimate of drug-likeness (QED) is 0.486. The maximum atomic E-state index is 12.4. The minimum atomic E-state index is -0.216. The van der Waals surface area contributed by atoms with E-state index in [2.05, 4.69) is 54.0 Å². The van der Waals surface area contributed by atoms with Crippen molar-refractivity contribution in [3.05, 3.63) is 70.5 Å². The van der Waals surface area contributed by atoms with Crippen molar-refractivity contribution in [2.24, 2.45) is 0 Å². The summed E-state index contributed by atoms with van der Waals surface area (Å²) in [5, 5.41) is 9.03. The van der Waals surface area contributed by atoms with Crippen molar-refractivity contribution >= 4 is 33.5 Å². The molecule has 30 heavy (non-hydrogen) atoms. The number of hydrogen-bond donors (Lipinski definition) is 3. The van der Waals surface area contributed by atoms with Crippen LogP contribution in [0, 0.1) is 0 Å². The number of benzene rings is 2. The van der Waals surface area contributed by atoms with Gasteiger partial charge in [-0.3, -0.25) is 0 Å². The van der Waals surface area contributed by atoms with Crippen molar-refractivity contribution in [2.45, 2.75) is 25.8 Å². The van der Waals surface area contributed by atoms with Crippen LogP contribution in [0.4, 0.5) is 16.3 Å². The fourth-order valence-corrected chi connectivity index (χ4v) is 3.85. The average molecular weight is 468 g/mol. The van der Waals surface area contributed by atoms with Crippen LogP contribution < -0.4 is 20.7 Å². The van der Waals surface area contributed by atoms with E-state index in [9.17, 15) is 4.79 Å². The van der Waals surface area contributed by atoms with Gasteiger partial charge in [0.1, 0.15) is 17.9 Å². The number of amides is 2. The van der Waals surface area contributed by atoms with Crippen LogP contribution in [-0.4, -0.2) is 28.6 Å². The first-order valence-electron chi connectivity index (χ1n) is 9.77. The lowest BCUT2D eigenvalue weighted by molar-refractivity contribution is 0.249. The van der Waals surface area contributed by atoms with E-state index in [0.29, 0.717) is 23.1 Å². The molecule has 1 aliphatic carbocycles. The highest BCUT2D eigenvalue weighted by Gasteiger charge is 2.23. The number of halogens is 1. The Kier molecular flexibility index (Phi) is 6.13. The van der Waals surface area contributed by atoms with Crippen molar-refractivity contribution in [1.82, 2.24) is 15.3 Å². The molecule has 0 radical (unpaired) electrons. The van der Waals surface area contributed by atoms with Gasteiger partial charge < -0.3 is 20.7 Å². The maximum Gasteiger partial charge on any atom is 0.319 e. The van der Waals surface area contributed by atoms with Gasteiger partial charge in [0.25, 0.3) is 0 Å². The van der Waals surface area contributed by atoms with Gasteiger partial charge in [0.2, 0.25) is 5.88 Å². The second-order valence-corrected chi connectivity index (χ2v) is 7.93. The molecule has 154 valence electrons. The number of hydrogen-bond acceptors (Lipinski definition) is 5. The summed E-state index contributed by atoms with van der Waals surface area (Å²) >= 11 is 3.50. The second kappa shape index (κ2) is 9.13. The summed E-state index contributed by atoms with van der Waals surface area (Å²) < 4.78 is 6.82. The number of nitrogens with one attached hydrogen (secondary N) is 3. The number of ether oxygens (including phenoxy) is 1. The van der Waals surface area contributed by atoms with Crippen molar-refractivity contribution in [3.8, 4) is 11.6 Å². The summed E-state index contributed by atoms with van der Waals surface area (Å²) in [7, 11) is 0. The highest BCUT2D eigenvalue weighted by Crippen LogP contribution is 2.26. The van der Waals surface area contributed by atoms with Gasteiger partial charge in [-0.25, -0.2) is 14.8 Å². The minimum Gasteiger partial charge on any atom is -0.439 e. The van der Waals surface area contributed by atoms with Gasteiger partial charge in [-0.15, -0.1) is 0 Å². The predicted molar refractivity (Wildman–Crippen MR) is 120 cm³/mol. The second-order valence-electron chi connectivity index (χ2n) is 7.01. The Morgan fingerprint density at radius 2 is 1.90 bits per heavy atom. The number of nitrogens with zero attached hydrogens (tertiary/aromatic N) is 2. The molecule has 2 aromatic carbocycles. The molecule has 3 N–H and O–H groups in total. The molecule has 0 saturated carbocycles. The first-order chi connectivity index (χ1) is 14.6. The Morgan fingerprint density at radius 1 is 1.10 bits per heavy atom. The molecule has 1 aliphatic rings. The predicted octanol–water partition coefficient (Wildman–Crippen LogP) is 4.75. The highest BCUT2D eigenvalue weighted by molar-refractivity contribution is 9.10. The maximum absolute atomic E-state index is 12.4. The molecule has 3 aromatic rings. The standard InChI is InChI=1S/C22H22BrN5O2/c1-2-24-20-12-21(26-13-25-20)30-19-7-5-17(6-8-19)27-22(29)28-18-10-14-3-4-16(23)9-15(14)11-18/h3-9,12-13,18H,2,10-11H2,1H3,(H,24,25,26)(H2,27,28,29)/t18-/m1/s1. The SMILES string of the molecule is CCNc1cc(Oc2ccc(NC(=O)N[C@@H]3Cc4ccc(Br)cc4C3)cc2)ncn1. The van der Waals surface area contributed by atoms with Crippen LogP contribution >= 0.6 is 15.9 Å². The van der Waals surface area contributed by atoms with Crippen LogP contribution in [0.2, 0.25) is 0 Å². The zero-order valence-corrected chi connectivity index (χ0v) is 18.1. The third-order valence-corrected chi connectivity index (χ3v) is 5.26. The Morgan fingerprint density at radius 3 is 2.70 bits per heavy atom. The number of urea groups is 1. The molecule has 4 rings (SSSR count). The first-order valence-corrected chi connectivity index (χ1v) is 10.6. The fourth-order valence-electron chi connectivity index (χ4n) is 3.44. The van der Waals surface area contributed by atoms with Crippen LogP contribution in [0.15, 0.2) is 59.3 Å². The van der Waals surface area contributed by atoms with E-state index >= 15 is 0 Å². The summed E-state index contributed by atoms with van der Waals surface area (Å²) in [5.74, 6) is 1.78. The number of rotatable bonds is 6. The van der Waals surface area contributed by atoms with Crippen LogP contribution in [0.1, 0.15) is 18.1 Å². The van der Waals surface area contributed by atoms with E-state index in [0.717, 1.165) is 23.9 Å². The van der Waals surface area contributed by atoms with E-state index in [1.165, 1.54) is 17.5 Å². The summed E-state index contributed by atoms with van der Waals surface area (Å²) in [4.78, 5) is 20.6. The molecule has 0 spiro atoms.